The number of benzene rings is 1. The van der Waals surface area contributed by atoms with Crippen molar-refractivity contribution in [3.8, 4) is 0 Å². The van der Waals surface area contributed by atoms with Crippen molar-refractivity contribution in [2.24, 2.45) is 0 Å². The van der Waals surface area contributed by atoms with E-state index in [2.05, 4.69) is 0 Å². The van der Waals surface area contributed by atoms with Gasteiger partial charge in [-0.2, -0.15) is 4.31 Å². The highest BCUT2D eigenvalue weighted by Crippen LogP contribution is 2.21. The number of hydrogen-bond acceptors (Lipinski definition) is 5. The maximum Gasteiger partial charge on any atom is 0.323 e. The molecule has 6 nitrogen and oxygen atoms in total. The number of carbonyl (C=O) groups is 1. The minimum Gasteiger partial charge on any atom is -0.464 e. The fourth-order valence-corrected chi connectivity index (χ4v) is 4.51. The Balaban J connectivity index is 1.72. The highest BCUT2D eigenvalue weighted by Gasteiger charge is 2.35. The molecule has 8 heteroatoms. The Labute approximate surface area is 134 Å². The number of cyclic esters (lactones) is 1. The number of halogens is 1. The third-order valence-electron chi connectivity index (χ3n) is 4.29. The molecule has 0 aliphatic carbocycles. The van der Waals surface area contributed by atoms with E-state index in [9.17, 15) is 17.6 Å². The summed E-state index contributed by atoms with van der Waals surface area (Å²) in [6, 6.07) is 4.59. The molecule has 0 aromatic heterocycles. The number of nitrogens with zero attached hydrogens (tertiary/aromatic N) is 2. The highest BCUT2D eigenvalue weighted by atomic mass is 32.2. The first-order valence-corrected chi connectivity index (χ1v) is 9.09. The zero-order chi connectivity index (χ0) is 16.4. The predicted molar refractivity (Wildman–Crippen MR) is 80.7 cm³/mol. The number of sulfonamides is 1. The van der Waals surface area contributed by atoms with Crippen LogP contribution in [0.2, 0.25) is 0 Å². The summed E-state index contributed by atoms with van der Waals surface area (Å²) in [6.45, 7) is 2.27. The van der Waals surface area contributed by atoms with Gasteiger partial charge in [0.2, 0.25) is 10.0 Å². The molecule has 0 saturated carbocycles. The molecule has 1 aromatic carbocycles. The molecule has 126 valence electrons. The summed E-state index contributed by atoms with van der Waals surface area (Å²) >= 11 is 0. The van der Waals surface area contributed by atoms with Gasteiger partial charge in [-0.3, -0.25) is 9.69 Å². The topological polar surface area (TPSA) is 66.9 Å². The Kier molecular flexibility index (Phi) is 4.65. The van der Waals surface area contributed by atoms with Gasteiger partial charge in [0, 0.05) is 32.6 Å². The van der Waals surface area contributed by atoms with Crippen LogP contribution in [0.4, 0.5) is 4.39 Å². The van der Waals surface area contributed by atoms with Crippen LogP contribution in [0, 0.1) is 5.82 Å². The molecule has 2 fully saturated rings. The lowest BCUT2D eigenvalue weighted by molar-refractivity contribution is -0.142. The summed E-state index contributed by atoms with van der Waals surface area (Å²) in [4.78, 5) is 13.8. The van der Waals surface area contributed by atoms with E-state index in [1.165, 1.54) is 16.4 Å². The zero-order valence-electron chi connectivity index (χ0n) is 12.7. The molecule has 0 radical (unpaired) electrons. The van der Waals surface area contributed by atoms with Gasteiger partial charge in [-0.05, 0) is 30.7 Å². The van der Waals surface area contributed by atoms with Crippen molar-refractivity contribution in [3.05, 3.63) is 30.1 Å². The van der Waals surface area contributed by atoms with Crippen LogP contribution in [0.5, 0.6) is 0 Å². The van der Waals surface area contributed by atoms with Crippen LogP contribution in [0.15, 0.2) is 29.2 Å². The molecule has 0 bridgehead atoms. The first kappa shape index (κ1) is 16.4. The molecule has 2 heterocycles. The van der Waals surface area contributed by atoms with Crippen molar-refractivity contribution in [3.63, 3.8) is 0 Å². The molecule has 0 amide bonds. The highest BCUT2D eigenvalue weighted by molar-refractivity contribution is 7.89. The second-order valence-corrected chi connectivity index (χ2v) is 7.66. The van der Waals surface area contributed by atoms with Crippen LogP contribution in [-0.2, 0) is 19.6 Å². The number of carbonyl (C=O) groups excluding carboxylic acids is 1. The summed E-state index contributed by atoms with van der Waals surface area (Å²) < 4.78 is 44.6. The first-order chi connectivity index (χ1) is 11.0. The molecular weight excluding hydrogens is 323 g/mol. The summed E-state index contributed by atoms with van der Waals surface area (Å²) in [5.74, 6) is -0.689. The molecule has 23 heavy (non-hydrogen) atoms. The van der Waals surface area contributed by atoms with E-state index in [0.717, 1.165) is 12.1 Å². The van der Waals surface area contributed by atoms with E-state index in [1.54, 1.807) is 0 Å². The number of ether oxygens (including phenoxy) is 1. The lowest BCUT2D eigenvalue weighted by Gasteiger charge is -2.24. The van der Waals surface area contributed by atoms with Crippen LogP contribution >= 0.6 is 0 Å². The van der Waals surface area contributed by atoms with Gasteiger partial charge in [0.25, 0.3) is 0 Å². The molecule has 3 rings (SSSR count). The Bertz CT molecular complexity index is 677. The summed E-state index contributed by atoms with van der Waals surface area (Å²) in [5, 5.41) is 0. The van der Waals surface area contributed by atoms with Crippen LogP contribution in [0.3, 0.4) is 0 Å². The normalized spacial score (nSPS) is 24.4. The van der Waals surface area contributed by atoms with Gasteiger partial charge in [0.05, 0.1) is 11.5 Å². The van der Waals surface area contributed by atoms with Crippen molar-refractivity contribution in [1.29, 1.82) is 0 Å². The van der Waals surface area contributed by atoms with E-state index in [1.807, 2.05) is 4.90 Å². The number of rotatable bonds is 3. The van der Waals surface area contributed by atoms with Crippen LogP contribution in [0.25, 0.3) is 0 Å². The van der Waals surface area contributed by atoms with E-state index in [-0.39, 0.29) is 16.9 Å². The third kappa shape index (κ3) is 3.39. The van der Waals surface area contributed by atoms with Gasteiger partial charge in [-0.1, -0.05) is 0 Å². The SMILES string of the molecule is O=C1OCC[C@H]1N1CCCN(S(=O)(=O)c2ccc(F)cc2)CC1. The maximum atomic E-state index is 13.0. The Hall–Kier alpha value is -1.51. The van der Waals surface area contributed by atoms with Crippen LogP contribution in [0.1, 0.15) is 12.8 Å². The average Bonchev–Trinajstić information content (AvgIpc) is 2.80. The quantitative estimate of drug-likeness (QED) is 0.762. The molecular formula is C15H19FN2O4S. The van der Waals surface area contributed by atoms with Gasteiger partial charge in [-0.15, -0.1) is 0 Å². The fraction of sp³-hybridized carbons (Fsp3) is 0.533. The number of esters is 1. The van der Waals surface area contributed by atoms with E-state index in [4.69, 9.17) is 4.74 Å². The van der Waals surface area contributed by atoms with Crippen molar-refractivity contribution in [2.45, 2.75) is 23.8 Å². The molecule has 0 unspecified atom stereocenters. The van der Waals surface area contributed by atoms with Crippen molar-refractivity contribution < 1.29 is 22.3 Å². The Morgan fingerprint density at radius 1 is 1.09 bits per heavy atom. The predicted octanol–water partition coefficient (Wildman–Crippen LogP) is 0.838. The monoisotopic (exact) mass is 342 g/mol. The molecule has 2 aliphatic rings. The summed E-state index contributed by atoms with van der Waals surface area (Å²) in [7, 11) is -3.64. The number of hydrogen-bond donors (Lipinski definition) is 0. The Morgan fingerprint density at radius 3 is 2.48 bits per heavy atom. The van der Waals surface area contributed by atoms with Crippen molar-refractivity contribution >= 4 is 16.0 Å². The van der Waals surface area contributed by atoms with Crippen LogP contribution < -0.4 is 0 Å². The second-order valence-electron chi connectivity index (χ2n) is 5.72. The van der Waals surface area contributed by atoms with Crippen LogP contribution in [-0.4, -0.2) is 62.4 Å². The smallest absolute Gasteiger partial charge is 0.323 e. The summed E-state index contributed by atoms with van der Waals surface area (Å²) in [6.07, 6.45) is 1.30. The fourth-order valence-electron chi connectivity index (χ4n) is 3.04. The lowest BCUT2D eigenvalue weighted by atomic mass is 10.2. The molecule has 2 aliphatic heterocycles. The molecule has 0 spiro atoms. The Morgan fingerprint density at radius 2 is 1.83 bits per heavy atom. The van der Waals surface area contributed by atoms with Gasteiger partial charge in [-0.25, -0.2) is 12.8 Å². The second kappa shape index (κ2) is 6.54. The van der Waals surface area contributed by atoms with Gasteiger partial charge in [0.15, 0.2) is 0 Å². The first-order valence-electron chi connectivity index (χ1n) is 7.65. The van der Waals surface area contributed by atoms with Gasteiger partial charge >= 0.3 is 5.97 Å². The van der Waals surface area contributed by atoms with E-state index in [0.29, 0.717) is 45.6 Å². The lowest BCUT2D eigenvalue weighted by Crippen LogP contribution is -2.41. The standard InChI is InChI=1S/C15H19FN2O4S/c16-12-2-4-13(5-3-12)23(20,21)18-8-1-7-17(9-10-18)14-6-11-22-15(14)19/h2-5,14H,1,6-11H2/t14-/m1/s1. The van der Waals surface area contributed by atoms with Crippen molar-refractivity contribution in [1.82, 2.24) is 9.21 Å². The minimum absolute atomic E-state index is 0.0904. The molecule has 2 saturated heterocycles. The maximum absolute atomic E-state index is 13.0. The average molecular weight is 342 g/mol. The zero-order valence-corrected chi connectivity index (χ0v) is 13.5. The molecule has 0 N–H and O–H groups in total. The van der Waals surface area contributed by atoms with Gasteiger partial charge in [0.1, 0.15) is 11.9 Å². The van der Waals surface area contributed by atoms with E-state index < -0.39 is 15.8 Å². The molecule has 1 aromatic rings. The van der Waals surface area contributed by atoms with E-state index >= 15 is 0 Å². The van der Waals surface area contributed by atoms with Gasteiger partial charge < -0.3 is 4.74 Å². The summed E-state index contributed by atoms with van der Waals surface area (Å²) in [5.41, 5.74) is 0. The third-order valence-corrected chi connectivity index (χ3v) is 6.20. The largest absolute Gasteiger partial charge is 0.464 e. The molecule has 1 atom stereocenters. The van der Waals surface area contributed by atoms with Crippen molar-refractivity contribution in [2.75, 3.05) is 32.8 Å². The minimum atomic E-state index is -3.64.